The largest absolute Gasteiger partial charge is 0.349 e. The van der Waals surface area contributed by atoms with Crippen LogP contribution in [-0.4, -0.2) is 38.8 Å². The van der Waals surface area contributed by atoms with Crippen LogP contribution in [0.2, 0.25) is 5.02 Å². The lowest BCUT2D eigenvalue weighted by Crippen LogP contribution is -2.43. The summed E-state index contributed by atoms with van der Waals surface area (Å²) in [6.45, 7) is 4.34. The second kappa shape index (κ2) is 7.42. The smallest absolute Gasteiger partial charge is 0.253 e. The van der Waals surface area contributed by atoms with E-state index in [1.54, 1.807) is 0 Å². The van der Waals surface area contributed by atoms with Gasteiger partial charge in [0.05, 0.1) is 15.5 Å². The first-order valence-corrected chi connectivity index (χ1v) is 9.99. The Balaban J connectivity index is 2.26. The highest BCUT2D eigenvalue weighted by Gasteiger charge is 2.29. The molecule has 1 aliphatic carbocycles. The van der Waals surface area contributed by atoms with Gasteiger partial charge in [0.1, 0.15) is 0 Å². The molecule has 3 unspecified atom stereocenters. The van der Waals surface area contributed by atoms with E-state index < -0.39 is 10.0 Å². The quantitative estimate of drug-likeness (QED) is 0.882. The molecular weight excluding hydrogens is 348 g/mol. The van der Waals surface area contributed by atoms with Crippen LogP contribution in [-0.2, 0) is 10.0 Å². The molecule has 5 nitrogen and oxygen atoms in total. The van der Waals surface area contributed by atoms with Crippen molar-refractivity contribution in [2.75, 3.05) is 14.1 Å². The van der Waals surface area contributed by atoms with Gasteiger partial charge in [0, 0.05) is 20.1 Å². The molecule has 2 rings (SSSR count). The molecule has 0 aromatic heterocycles. The van der Waals surface area contributed by atoms with Gasteiger partial charge in [0.2, 0.25) is 10.0 Å². The SMILES string of the molecule is CC1CCCC(NC(=O)c2cc(S(=O)(=O)N(C)C)ccc2Cl)C1C. The van der Waals surface area contributed by atoms with Crippen LogP contribution in [0, 0.1) is 11.8 Å². The Kier molecular flexibility index (Phi) is 5.94. The second-order valence-electron chi connectivity index (χ2n) is 6.78. The molecule has 1 aliphatic rings. The lowest BCUT2D eigenvalue weighted by molar-refractivity contribution is 0.0891. The first-order chi connectivity index (χ1) is 11.1. The molecule has 1 aromatic rings. The van der Waals surface area contributed by atoms with E-state index in [4.69, 9.17) is 11.6 Å². The van der Waals surface area contributed by atoms with E-state index in [0.717, 1.165) is 17.1 Å². The summed E-state index contributed by atoms with van der Waals surface area (Å²) in [6.07, 6.45) is 3.19. The summed E-state index contributed by atoms with van der Waals surface area (Å²) < 4.78 is 25.6. The van der Waals surface area contributed by atoms with Gasteiger partial charge in [-0.2, -0.15) is 0 Å². The van der Waals surface area contributed by atoms with Gasteiger partial charge < -0.3 is 5.32 Å². The van der Waals surface area contributed by atoms with Crippen LogP contribution in [0.4, 0.5) is 0 Å². The lowest BCUT2D eigenvalue weighted by Gasteiger charge is -2.34. The van der Waals surface area contributed by atoms with Gasteiger partial charge in [-0.15, -0.1) is 0 Å². The summed E-state index contributed by atoms with van der Waals surface area (Å²) in [5.74, 6) is 0.622. The number of benzene rings is 1. The maximum Gasteiger partial charge on any atom is 0.253 e. The fourth-order valence-corrected chi connectivity index (χ4v) is 4.21. The summed E-state index contributed by atoms with van der Waals surface area (Å²) in [6, 6.07) is 4.31. The third-order valence-electron chi connectivity index (χ3n) is 4.98. The monoisotopic (exact) mass is 372 g/mol. The molecule has 1 saturated carbocycles. The zero-order chi connectivity index (χ0) is 18.1. The minimum Gasteiger partial charge on any atom is -0.349 e. The van der Waals surface area contributed by atoms with Gasteiger partial charge in [-0.3, -0.25) is 4.79 Å². The Morgan fingerprint density at radius 1 is 1.25 bits per heavy atom. The molecule has 0 radical (unpaired) electrons. The number of halogens is 1. The number of nitrogens with one attached hydrogen (secondary N) is 1. The highest BCUT2D eigenvalue weighted by Crippen LogP contribution is 2.30. The van der Waals surface area contributed by atoms with Crippen molar-refractivity contribution in [3.63, 3.8) is 0 Å². The summed E-state index contributed by atoms with van der Waals surface area (Å²) in [7, 11) is -0.701. The fourth-order valence-electron chi connectivity index (χ4n) is 3.08. The molecule has 134 valence electrons. The standard InChI is InChI=1S/C17H25ClN2O3S/c1-11-6-5-7-16(12(11)2)19-17(21)14-10-13(8-9-15(14)18)24(22,23)20(3)4/h8-12,16H,5-7H2,1-4H3,(H,19,21). The van der Waals surface area contributed by atoms with Crippen molar-refractivity contribution >= 4 is 27.5 Å². The number of hydrogen-bond donors (Lipinski definition) is 1. The molecule has 0 bridgehead atoms. The number of sulfonamides is 1. The van der Waals surface area contributed by atoms with Crippen LogP contribution >= 0.6 is 11.6 Å². The number of hydrogen-bond acceptors (Lipinski definition) is 3. The van der Waals surface area contributed by atoms with Crippen molar-refractivity contribution in [1.82, 2.24) is 9.62 Å². The first-order valence-electron chi connectivity index (χ1n) is 8.17. The molecule has 1 aromatic carbocycles. The number of amides is 1. The van der Waals surface area contributed by atoms with Gasteiger partial charge >= 0.3 is 0 Å². The van der Waals surface area contributed by atoms with Crippen LogP contribution in [0.3, 0.4) is 0 Å². The Labute approximate surface area is 149 Å². The molecule has 3 atom stereocenters. The zero-order valence-electron chi connectivity index (χ0n) is 14.5. The van der Waals surface area contributed by atoms with Crippen LogP contribution < -0.4 is 5.32 Å². The maximum atomic E-state index is 12.6. The summed E-state index contributed by atoms with van der Waals surface area (Å²) >= 11 is 6.13. The molecule has 0 aliphatic heterocycles. The van der Waals surface area contributed by atoms with Crippen molar-refractivity contribution in [3.05, 3.63) is 28.8 Å². The van der Waals surface area contributed by atoms with Crippen LogP contribution in [0.5, 0.6) is 0 Å². The molecule has 1 amide bonds. The average molecular weight is 373 g/mol. The van der Waals surface area contributed by atoms with E-state index in [1.807, 2.05) is 0 Å². The first kappa shape index (κ1) is 19.2. The van der Waals surface area contributed by atoms with E-state index in [2.05, 4.69) is 19.2 Å². The van der Waals surface area contributed by atoms with Crippen LogP contribution in [0.25, 0.3) is 0 Å². The van der Waals surface area contributed by atoms with E-state index in [0.29, 0.717) is 11.8 Å². The maximum absolute atomic E-state index is 12.6. The predicted molar refractivity (Wildman–Crippen MR) is 95.8 cm³/mol. The van der Waals surface area contributed by atoms with Gasteiger partial charge in [0.15, 0.2) is 0 Å². The molecule has 0 spiro atoms. The molecule has 24 heavy (non-hydrogen) atoms. The van der Waals surface area contributed by atoms with Crippen molar-refractivity contribution in [1.29, 1.82) is 0 Å². The second-order valence-corrected chi connectivity index (χ2v) is 9.34. The van der Waals surface area contributed by atoms with Crippen molar-refractivity contribution < 1.29 is 13.2 Å². The molecule has 0 heterocycles. The molecule has 7 heteroatoms. The van der Waals surface area contributed by atoms with Crippen LogP contribution in [0.15, 0.2) is 23.1 Å². The molecular formula is C17H25ClN2O3S. The number of carbonyl (C=O) groups excluding carboxylic acids is 1. The number of rotatable bonds is 4. The van der Waals surface area contributed by atoms with Gasteiger partial charge in [-0.05, 0) is 36.5 Å². The Morgan fingerprint density at radius 2 is 1.92 bits per heavy atom. The Morgan fingerprint density at radius 3 is 2.54 bits per heavy atom. The minimum absolute atomic E-state index is 0.0621. The van der Waals surface area contributed by atoms with E-state index >= 15 is 0 Å². The Hall–Kier alpha value is -1.11. The molecule has 0 saturated heterocycles. The average Bonchev–Trinajstić information content (AvgIpc) is 2.51. The third-order valence-corrected chi connectivity index (χ3v) is 7.13. The van der Waals surface area contributed by atoms with E-state index in [-0.39, 0.29) is 27.4 Å². The number of nitrogens with zero attached hydrogens (tertiary/aromatic N) is 1. The molecule has 1 N–H and O–H groups in total. The van der Waals surface area contributed by atoms with Crippen molar-refractivity contribution in [3.8, 4) is 0 Å². The van der Waals surface area contributed by atoms with Crippen LogP contribution in [0.1, 0.15) is 43.5 Å². The van der Waals surface area contributed by atoms with E-state index in [1.165, 1.54) is 38.7 Å². The number of carbonyl (C=O) groups is 1. The normalized spacial score (nSPS) is 24.8. The van der Waals surface area contributed by atoms with Crippen molar-refractivity contribution in [2.45, 2.75) is 44.0 Å². The van der Waals surface area contributed by atoms with E-state index in [9.17, 15) is 13.2 Å². The van der Waals surface area contributed by atoms with Gasteiger partial charge in [-0.1, -0.05) is 38.3 Å². The third kappa shape index (κ3) is 3.92. The summed E-state index contributed by atoms with van der Waals surface area (Å²) in [5.41, 5.74) is 0.199. The molecule has 1 fully saturated rings. The van der Waals surface area contributed by atoms with Gasteiger partial charge in [0.25, 0.3) is 5.91 Å². The highest BCUT2D eigenvalue weighted by atomic mass is 35.5. The Bertz CT molecular complexity index is 719. The summed E-state index contributed by atoms with van der Waals surface area (Å²) in [4.78, 5) is 12.7. The summed E-state index contributed by atoms with van der Waals surface area (Å²) in [5, 5.41) is 3.28. The topological polar surface area (TPSA) is 66.5 Å². The highest BCUT2D eigenvalue weighted by molar-refractivity contribution is 7.89. The van der Waals surface area contributed by atoms with Gasteiger partial charge in [-0.25, -0.2) is 12.7 Å². The van der Waals surface area contributed by atoms with Crippen molar-refractivity contribution in [2.24, 2.45) is 11.8 Å². The lowest BCUT2D eigenvalue weighted by atomic mass is 9.78. The minimum atomic E-state index is -3.61. The predicted octanol–water partition coefficient (Wildman–Crippen LogP) is 3.14. The zero-order valence-corrected chi connectivity index (χ0v) is 16.1. The fraction of sp³-hybridized carbons (Fsp3) is 0.588.